The SMILES string of the molecule is COc1cc(/C=C/C(=O)c2ccc(NC(=O)Cn3c(C)nc4c(c(SC)nn4-c4ccc(Br)cc4)c3=O)cc2)cc(OC)c1OC. The summed E-state index contributed by atoms with van der Waals surface area (Å²) in [6.45, 7) is 1.43. The van der Waals surface area contributed by atoms with E-state index < -0.39 is 5.91 Å². The fourth-order valence-electron chi connectivity index (χ4n) is 4.79. The average molecular weight is 705 g/mol. The number of rotatable bonds is 11. The first-order chi connectivity index (χ1) is 22.2. The summed E-state index contributed by atoms with van der Waals surface area (Å²) in [7, 11) is 4.56. The summed E-state index contributed by atoms with van der Waals surface area (Å²) in [5, 5.41) is 8.27. The lowest BCUT2D eigenvalue weighted by Gasteiger charge is -2.12. The Morgan fingerprint density at radius 2 is 1.63 bits per heavy atom. The van der Waals surface area contributed by atoms with E-state index in [1.165, 1.54) is 43.7 Å². The van der Waals surface area contributed by atoms with Crippen molar-refractivity contribution in [3.05, 3.63) is 98.5 Å². The molecule has 46 heavy (non-hydrogen) atoms. The largest absolute Gasteiger partial charge is 0.493 e. The lowest BCUT2D eigenvalue weighted by Crippen LogP contribution is -2.30. The molecule has 2 heterocycles. The number of ether oxygens (including phenoxy) is 3. The van der Waals surface area contributed by atoms with Crippen LogP contribution in [0.5, 0.6) is 17.2 Å². The van der Waals surface area contributed by atoms with Crippen LogP contribution in [0.4, 0.5) is 5.69 Å². The molecule has 0 fully saturated rings. The summed E-state index contributed by atoms with van der Waals surface area (Å²) >= 11 is 4.77. The summed E-state index contributed by atoms with van der Waals surface area (Å²) in [4.78, 5) is 44.1. The van der Waals surface area contributed by atoms with Crippen LogP contribution in [0.2, 0.25) is 0 Å². The molecule has 0 radical (unpaired) electrons. The molecule has 3 aromatic carbocycles. The van der Waals surface area contributed by atoms with E-state index in [0.29, 0.717) is 55.9 Å². The number of amides is 1. The van der Waals surface area contributed by atoms with Crippen LogP contribution in [0.1, 0.15) is 21.7 Å². The Labute approximate surface area is 277 Å². The molecule has 236 valence electrons. The van der Waals surface area contributed by atoms with Crippen molar-refractivity contribution in [1.29, 1.82) is 0 Å². The predicted octanol–water partition coefficient (Wildman–Crippen LogP) is 5.94. The Balaban J connectivity index is 1.30. The molecule has 0 aliphatic carbocycles. The number of thioether (sulfide) groups is 1. The van der Waals surface area contributed by atoms with E-state index in [0.717, 1.165) is 10.2 Å². The van der Waals surface area contributed by atoms with Crippen LogP contribution in [0.25, 0.3) is 22.8 Å². The first-order valence-corrected chi connectivity index (χ1v) is 15.9. The molecule has 11 nitrogen and oxygen atoms in total. The third-order valence-electron chi connectivity index (χ3n) is 7.08. The number of aryl methyl sites for hydroxylation is 1. The van der Waals surface area contributed by atoms with E-state index in [9.17, 15) is 14.4 Å². The minimum atomic E-state index is -0.418. The Morgan fingerprint density at radius 3 is 2.22 bits per heavy atom. The zero-order valence-corrected chi connectivity index (χ0v) is 28.1. The fourth-order valence-corrected chi connectivity index (χ4v) is 5.61. The van der Waals surface area contributed by atoms with E-state index in [4.69, 9.17) is 14.2 Å². The number of carbonyl (C=O) groups excluding carboxylic acids is 2. The average Bonchev–Trinajstić information content (AvgIpc) is 3.44. The normalized spacial score (nSPS) is 11.2. The van der Waals surface area contributed by atoms with Crippen molar-refractivity contribution in [2.45, 2.75) is 18.5 Å². The third kappa shape index (κ3) is 6.70. The fraction of sp³-hybridized carbons (Fsp3) is 0.182. The number of allylic oxidation sites excluding steroid dienone is 1. The van der Waals surface area contributed by atoms with E-state index in [1.807, 2.05) is 30.5 Å². The van der Waals surface area contributed by atoms with Gasteiger partial charge in [-0.05, 0) is 85.5 Å². The van der Waals surface area contributed by atoms with Gasteiger partial charge in [-0.1, -0.05) is 22.0 Å². The number of hydrogen-bond acceptors (Lipinski definition) is 9. The number of anilines is 1. The number of nitrogens with zero attached hydrogens (tertiary/aromatic N) is 4. The molecule has 2 aromatic heterocycles. The minimum absolute atomic E-state index is 0.235. The Morgan fingerprint density at radius 1 is 0.978 bits per heavy atom. The van der Waals surface area contributed by atoms with Crippen LogP contribution in [0.3, 0.4) is 0 Å². The first-order valence-electron chi connectivity index (χ1n) is 13.9. The molecule has 13 heteroatoms. The minimum Gasteiger partial charge on any atom is -0.493 e. The van der Waals surface area contributed by atoms with Crippen LogP contribution in [-0.2, 0) is 11.3 Å². The molecule has 0 saturated carbocycles. The van der Waals surface area contributed by atoms with Crippen LogP contribution >= 0.6 is 27.7 Å². The summed E-state index contributed by atoms with van der Waals surface area (Å²) in [5.74, 6) is 1.13. The van der Waals surface area contributed by atoms with Gasteiger partial charge in [0, 0.05) is 15.7 Å². The van der Waals surface area contributed by atoms with Gasteiger partial charge in [0.05, 0.1) is 27.0 Å². The molecule has 0 spiro atoms. The number of methoxy groups -OCH3 is 3. The molecular weight excluding hydrogens is 674 g/mol. The number of aromatic nitrogens is 4. The topological polar surface area (TPSA) is 127 Å². The molecule has 0 saturated heterocycles. The van der Waals surface area contributed by atoms with Crippen LogP contribution in [0.15, 0.2) is 81.0 Å². The van der Waals surface area contributed by atoms with Gasteiger partial charge >= 0.3 is 0 Å². The second kappa shape index (κ2) is 14.0. The zero-order chi connectivity index (χ0) is 33.0. The summed E-state index contributed by atoms with van der Waals surface area (Å²) in [5.41, 5.74) is 2.42. The maximum Gasteiger partial charge on any atom is 0.266 e. The van der Waals surface area contributed by atoms with Gasteiger partial charge in [0.15, 0.2) is 22.9 Å². The van der Waals surface area contributed by atoms with Gasteiger partial charge < -0.3 is 19.5 Å². The molecule has 0 unspecified atom stereocenters. The Bertz CT molecular complexity index is 2000. The molecule has 1 amide bonds. The van der Waals surface area contributed by atoms with Gasteiger partial charge in [-0.25, -0.2) is 9.67 Å². The molecule has 5 aromatic rings. The lowest BCUT2D eigenvalue weighted by atomic mass is 10.1. The smallest absolute Gasteiger partial charge is 0.266 e. The van der Waals surface area contributed by atoms with Gasteiger partial charge in [-0.3, -0.25) is 19.0 Å². The van der Waals surface area contributed by atoms with Gasteiger partial charge in [0.2, 0.25) is 11.7 Å². The highest BCUT2D eigenvalue weighted by Crippen LogP contribution is 2.38. The van der Waals surface area contributed by atoms with E-state index in [-0.39, 0.29) is 17.9 Å². The number of fused-ring (bicyclic) bond motifs is 1. The molecule has 0 aliphatic heterocycles. The number of hydrogen-bond donors (Lipinski definition) is 1. The van der Waals surface area contributed by atoms with Crippen molar-refractivity contribution in [2.75, 3.05) is 32.9 Å². The highest BCUT2D eigenvalue weighted by molar-refractivity contribution is 9.10. The molecule has 5 rings (SSSR count). The van der Waals surface area contributed by atoms with Crippen molar-refractivity contribution in [3.63, 3.8) is 0 Å². The lowest BCUT2D eigenvalue weighted by molar-refractivity contribution is -0.116. The number of carbonyl (C=O) groups is 2. The van der Waals surface area contributed by atoms with Crippen molar-refractivity contribution in [3.8, 4) is 22.9 Å². The Kier molecular flexibility index (Phi) is 9.93. The van der Waals surface area contributed by atoms with Crippen LogP contribution < -0.4 is 25.1 Å². The summed E-state index contributed by atoms with van der Waals surface area (Å²) in [6.07, 6.45) is 4.93. The van der Waals surface area contributed by atoms with Gasteiger partial charge in [-0.2, -0.15) is 5.10 Å². The number of benzene rings is 3. The number of ketones is 1. The highest BCUT2D eigenvalue weighted by atomic mass is 79.9. The van der Waals surface area contributed by atoms with E-state index in [2.05, 4.69) is 31.3 Å². The van der Waals surface area contributed by atoms with Crippen molar-refractivity contribution in [2.24, 2.45) is 0 Å². The van der Waals surface area contributed by atoms with Crippen molar-refractivity contribution in [1.82, 2.24) is 19.3 Å². The second-order valence-corrected chi connectivity index (χ2v) is 11.6. The van der Waals surface area contributed by atoms with Gasteiger partial charge in [0.25, 0.3) is 5.56 Å². The Hall–Kier alpha value is -4.88. The van der Waals surface area contributed by atoms with Gasteiger partial charge in [0.1, 0.15) is 22.8 Å². The number of nitrogens with one attached hydrogen (secondary N) is 1. The van der Waals surface area contributed by atoms with Crippen LogP contribution in [-0.4, -0.2) is 58.6 Å². The first kappa shape index (κ1) is 32.5. The van der Waals surface area contributed by atoms with E-state index >= 15 is 0 Å². The molecular formula is C33H30BrN5O6S. The number of halogens is 1. The zero-order valence-electron chi connectivity index (χ0n) is 25.7. The molecule has 0 atom stereocenters. The second-order valence-electron chi connectivity index (χ2n) is 9.93. The predicted molar refractivity (Wildman–Crippen MR) is 182 cm³/mol. The maximum absolute atomic E-state index is 13.6. The monoisotopic (exact) mass is 703 g/mol. The summed E-state index contributed by atoms with van der Waals surface area (Å²) in [6, 6.07) is 17.5. The molecule has 0 aliphatic rings. The standard InChI is InChI=1S/C33H30BrN5O6S/c1-19-35-31-29(32(46-5)37-39(31)24-13-9-22(34)10-14-24)33(42)38(19)18-28(41)36-23-11-7-21(8-12-23)25(40)15-6-20-16-26(43-2)30(45-4)27(17-20)44-3/h6-17H,18H2,1-5H3,(H,36,41)/b15-6+. The van der Waals surface area contributed by atoms with Crippen molar-refractivity contribution < 1.29 is 23.8 Å². The summed E-state index contributed by atoms with van der Waals surface area (Å²) < 4.78 is 20.0. The van der Waals surface area contributed by atoms with Crippen molar-refractivity contribution >= 4 is 62.2 Å². The maximum atomic E-state index is 13.6. The third-order valence-corrected chi connectivity index (χ3v) is 8.28. The van der Waals surface area contributed by atoms with Crippen LogP contribution in [0, 0.1) is 6.92 Å². The van der Waals surface area contributed by atoms with E-state index in [1.54, 1.807) is 54.1 Å². The quantitative estimate of drug-likeness (QED) is 0.101. The molecule has 0 bridgehead atoms. The molecule has 1 N–H and O–H groups in total. The van der Waals surface area contributed by atoms with Gasteiger partial charge in [-0.15, -0.1) is 11.8 Å². The highest BCUT2D eigenvalue weighted by Gasteiger charge is 2.21.